The van der Waals surface area contributed by atoms with Crippen molar-refractivity contribution in [3.05, 3.63) is 71.3 Å². The molecule has 1 saturated heterocycles. The zero-order valence-electron chi connectivity index (χ0n) is 31.9. The van der Waals surface area contributed by atoms with Crippen molar-refractivity contribution in [2.24, 2.45) is 5.92 Å². The summed E-state index contributed by atoms with van der Waals surface area (Å²) in [4.78, 5) is 44.2. The Bertz CT molecular complexity index is 1740. The monoisotopic (exact) mass is 743 g/mol. The molecule has 0 aromatic heterocycles. The van der Waals surface area contributed by atoms with Gasteiger partial charge in [0.1, 0.15) is 24.5 Å². The molecule has 2 fully saturated rings. The molecule has 3 aliphatic heterocycles. The third-order valence-corrected chi connectivity index (χ3v) is 10.9. The number of fused-ring (bicyclic) bond motifs is 10. The largest absolute Gasteiger partial charge is 0.493 e. The third kappa shape index (κ3) is 9.05. The van der Waals surface area contributed by atoms with Crippen LogP contribution in [0.4, 0.5) is 0 Å². The Labute approximate surface area is 318 Å². The van der Waals surface area contributed by atoms with Crippen LogP contribution in [0.2, 0.25) is 0 Å². The van der Waals surface area contributed by atoms with E-state index in [0.717, 1.165) is 61.6 Å². The Hall–Kier alpha value is -4.93. The zero-order chi connectivity index (χ0) is 38.0. The highest BCUT2D eigenvalue weighted by atomic mass is 16.5. The molecule has 0 radical (unpaired) electrons. The SMILES string of the molecule is COc1ccc(CC[C@H]2OC(=O)[C@@H]3CCCCN3C(=O)[C@@H](C3CCCCC3)c3cc(OC)c(c(OC)c3)OCCC(=O)COc3cccc2c3)cc1OC. The van der Waals surface area contributed by atoms with Crippen molar-refractivity contribution in [2.45, 2.75) is 88.7 Å². The standard InChI is InChI=1S/C43H53NO10/c1-48-36-19-17-28(23-37(36)49-2)16-18-35-30-13-10-14-33(24-30)53-27-32(45)20-22-52-41-38(50-3)25-31(26-39(41)51-4)40(29-11-6-5-7-12-29)42(46)44-21-9-8-15-34(44)43(47)54-35/h10,13-14,17,19,23-26,29,34-35,40H,5-9,11-12,15-16,18,20-22,27H2,1-4H3/t34-,35+,40-/m0/s1. The van der Waals surface area contributed by atoms with Crippen LogP contribution in [-0.2, 0) is 25.5 Å². The number of carbonyl (C=O) groups excluding carboxylic acids is 3. The average Bonchev–Trinajstić information content (AvgIpc) is 3.21. The van der Waals surface area contributed by atoms with Crippen LogP contribution in [0.3, 0.4) is 0 Å². The van der Waals surface area contributed by atoms with Crippen LogP contribution in [0.25, 0.3) is 0 Å². The fraction of sp³-hybridized carbons (Fsp3) is 0.512. The van der Waals surface area contributed by atoms with Crippen molar-refractivity contribution >= 4 is 17.7 Å². The fourth-order valence-electron chi connectivity index (χ4n) is 8.08. The molecular weight excluding hydrogens is 690 g/mol. The second-order valence-corrected chi connectivity index (χ2v) is 14.3. The summed E-state index contributed by atoms with van der Waals surface area (Å²) in [6, 6.07) is 16.0. The molecule has 0 N–H and O–H groups in total. The third-order valence-electron chi connectivity index (χ3n) is 10.9. The van der Waals surface area contributed by atoms with E-state index in [-0.39, 0.29) is 37.2 Å². The van der Waals surface area contributed by atoms with Crippen molar-refractivity contribution in [1.29, 1.82) is 0 Å². The van der Waals surface area contributed by atoms with Crippen LogP contribution < -0.4 is 28.4 Å². The van der Waals surface area contributed by atoms with Crippen molar-refractivity contribution in [3.63, 3.8) is 0 Å². The van der Waals surface area contributed by atoms with Gasteiger partial charge >= 0.3 is 5.97 Å². The van der Waals surface area contributed by atoms with Gasteiger partial charge in [0.05, 0.1) is 41.0 Å². The minimum absolute atomic E-state index is 0.0819. The van der Waals surface area contributed by atoms with Gasteiger partial charge in [0.15, 0.2) is 28.8 Å². The Kier molecular flexibility index (Phi) is 13.2. The lowest BCUT2D eigenvalue weighted by atomic mass is 9.75. The zero-order valence-corrected chi connectivity index (χ0v) is 31.9. The molecule has 3 aromatic rings. The van der Waals surface area contributed by atoms with Crippen LogP contribution in [0.1, 0.15) is 92.9 Å². The number of hydrogen-bond donors (Lipinski definition) is 0. The molecule has 0 spiro atoms. The average molecular weight is 744 g/mol. The number of amides is 1. The van der Waals surface area contributed by atoms with Crippen molar-refractivity contribution in [1.82, 2.24) is 4.90 Å². The first-order valence-electron chi connectivity index (χ1n) is 19.2. The van der Waals surface area contributed by atoms with E-state index in [1.54, 1.807) is 39.4 Å². The summed E-state index contributed by atoms with van der Waals surface area (Å²) in [6.45, 7) is 0.395. The Morgan fingerprint density at radius 3 is 2.17 bits per heavy atom. The van der Waals surface area contributed by atoms with Gasteiger partial charge in [-0.15, -0.1) is 0 Å². The van der Waals surface area contributed by atoms with E-state index < -0.39 is 24.0 Å². The summed E-state index contributed by atoms with van der Waals surface area (Å²) >= 11 is 0. The minimum Gasteiger partial charge on any atom is -0.493 e. The van der Waals surface area contributed by atoms with Crippen molar-refractivity contribution in [3.8, 4) is 34.5 Å². The quantitative estimate of drug-likeness (QED) is 0.216. The highest BCUT2D eigenvalue weighted by molar-refractivity contribution is 5.89. The van der Waals surface area contributed by atoms with Crippen molar-refractivity contribution in [2.75, 3.05) is 48.2 Å². The summed E-state index contributed by atoms with van der Waals surface area (Å²) in [6.07, 6.45) is 7.59. The first-order valence-corrected chi connectivity index (χ1v) is 19.2. The molecule has 1 saturated carbocycles. The van der Waals surface area contributed by atoms with E-state index >= 15 is 4.79 Å². The molecule has 1 aliphatic carbocycles. The number of ketones is 1. The van der Waals surface area contributed by atoms with E-state index in [4.69, 9.17) is 33.2 Å². The lowest BCUT2D eigenvalue weighted by Gasteiger charge is -2.40. The number of piperidine rings is 1. The predicted octanol–water partition coefficient (Wildman–Crippen LogP) is 7.41. The Morgan fingerprint density at radius 2 is 1.44 bits per heavy atom. The Morgan fingerprint density at radius 1 is 0.722 bits per heavy atom. The normalized spacial score (nSPS) is 21.6. The number of ether oxygens (including phenoxy) is 7. The molecule has 4 bridgehead atoms. The van der Waals surface area contributed by atoms with Gasteiger partial charge in [-0.25, -0.2) is 4.79 Å². The first-order chi connectivity index (χ1) is 26.3. The minimum atomic E-state index is -0.741. The number of rotatable bonds is 8. The lowest BCUT2D eigenvalue weighted by molar-refractivity contribution is -0.163. The molecule has 290 valence electrons. The fourth-order valence-corrected chi connectivity index (χ4v) is 8.08. The van der Waals surface area contributed by atoms with E-state index in [0.29, 0.717) is 60.3 Å². The van der Waals surface area contributed by atoms with Crippen LogP contribution in [0, 0.1) is 5.92 Å². The first kappa shape index (κ1) is 38.8. The maximum absolute atomic E-state index is 15.0. The smallest absolute Gasteiger partial charge is 0.329 e. The number of nitrogens with zero attached hydrogens (tertiary/aromatic N) is 1. The summed E-state index contributed by atoms with van der Waals surface area (Å²) in [5.41, 5.74) is 2.48. The van der Waals surface area contributed by atoms with Gasteiger partial charge in [-0.3, -0.25) is 9.59 Å². The van der Waals surface area contributed by atoms with Gasteiger partial charge in [-0.1, -0.05) is 37.5 Å². The molecule has 7 rings (SSSR count). The molecular formula is C43H53NO10. The second-order valence-electron chi connectivity index (χ2n) is 14.3. The van der Waals surface area contributed by atoms with Crippen molar-refractivity contribution < 1.29 is 47.5 Å². The predicted molar refractivity (Wildman–Crippen MR) is 202 cm³/mol. The molecule has 3 aromatic carbocycles. The van der Waals surface area contributed by atoms with Crippen LogP contribution in [0.15, 0.2) is 54.6 Å². The number of hydrogen-bond acceptors (Lipinski definition) is 10. The van der Waals surface area contributed by atoms with E-state index in [1.165, 1.54) is 0 Å². The molecule has 11 heteroatoms. The number of benzene rings is 3. The Balaban J connectivity index is 1.38. The van der Waals surface area contributed by atoms with E-state index in [1.807, 2.05) is 48.5 Å². The van der Waals surface area contributed by atoms with Crippen LogP contribution in [-0.4, -0.2) is 76.8 Å². The molecule has 3 atom stereocenters. The van der Waals surface area contributed by atoms with Gasteiger partial charge in [-0.2, -0.15) is 0 Å². The molecule has 3 heterocycles. The van der Waals surface area contributed by atoms with Gasteiger partial charge in [0, 0.05) is 13.0 Å². The van der Waals surface area contributed by atoms with E-state index in [2.05, 4.69) is 0 Å². The summed E-state index contributed by atoms with van der Waals surface area (Å²) in [7, 11) is 6.29. The van der Waals surface area contributed by atoms with Crippen LogP contribution >= 0.6 is 0 Å². The molecule has 11 nitrogen and oxygen atoms in total. The molecule has 54 heavy (non-hydrogen) atoms. The van der Waals surface area contributed by atoms with Gasteiger partial charge in [0.25, 0.3) is 0 Å². The van der Waals surface area contributed by atoms with Gasteiger partial charge in [-0.05, 0) is 104 Å². The molecule has 0 unspecified atom stereocenters. The summed E-state index contributed by atoms with van der Waals surface area (Å²) < 4.78 is 41.1. The summed E-state index contributed by atoms with van der Waals surface area (Å²) in [5, 5.41) is 0. The van der Waals surface area contributed by atoms with Gasteiger partial charge < -0.3 is 38.1 Å². The van der Waals surface area contributed by atoms with E-state index in [9.17, 15) is 9.59 Å². The highest BCUT2D eigenvalue weighted by Gasteiger charge is 2.41. The van der Waals surface area contributed by atoms with Crippen LogP contribution in [0.5, 0.6) is 34.5 Å². The second kappa shape index (κ2) is 18.4. The number of Topliss-reactive ketones (excluding diaryl/α,β-unsaturated/α-hetero) is 1. The lowest BCUT2D eigenvalue weighted by Crippen LogP contribution is -2.51. The van der Waals surface area contributed by atoms with Gasteiger partial charge in [0.2, 0.25) is 11.7 Å². The maximum atomic E-state index is 15.0. The number of methoxy groups -OCH3 is 4. The molecule has 4 aliphatic rings. The number of aryl methyl sites for hydroxylation is 1. The topological polar surface area (TPSA) is 119 Å². The number of carbonyl (C=O) groups is 3. The maximum Gasteiger partial charge on any atom is 0.329 e. The molecule has 1 amide bonds. The number of esters is 1. The highest BCUT2D eigenvalue weighted by Crippen LogP contribution is 2.45. The summed E-state index contributed by atoms with van der Waals surface area (Å²) in [5.74, 6) is 1.82.